The molecule has 1 N–H and O–H groups in total. The van der Waals surface area contributed by atoms with E-state index in [1.165, 1.54) is 0 Å². The molecule has 6 heteroatoms. The highest BCUT2D eigenvalue weighted by molar-refractivity contribution is 7.89. The molecule has 0 amide bonds. The number of hydrogen-bond donors (Lipinski definition) is 1. The van der Waals surface area contributed by atoms with Crippen molar-refractivity contribution in [2.75, 3.05) is 26.2 Å². The number of rotatable bonds is 2. The maximum Gasteiger partial charge on any atom is 0.218 e. The first-order valence-corrected chi connectivity index (χ1v) is 6.41. The van der Waals surface area contributed by atoms with Crippen LogP contribution in [-0.2, 0) is 10.0 Å². The summed E-state index contributed by atoms with van der Waals surface area (Å²) in [6, 6.07) is 0. The van der Waals surface area contributed by atoms with Gasteiger partial charge in [0.1, 0.15) is 0 Å². The Kier molecular flexibility index (Phi) is 4.18. The third kappa shape index (κ3) is 2.21. The van der Waals surface area contributed by atoms with Crippen molar-refractivity contribution in [2.24, 2.45) is 0 Å². The standard InChI is InChI=1S/C8H16N2O2S.ClH/c11-13(12,8-3-4-9-7-8)10-5-1-2-6-10;/h8-9H,1-7H2;1H. The predicted molar refractivity (Wildman–Crippen MR) is 58.2 cm³/mol. The molecule has 0 radical (unpaired) electrons. The third-order valence-electron chi connectivity index (χ3n) is 2.86. The lowest BCUT2D eigenvalue weighted by Crippen LogP contribution is -2.37. The predicted octanol–water partition coefficient (Wildman–Crippen LogP) is 0.196. The van der Waals surface area contributed by atoms with Crippen LogP contribution in [0, 0.1) is 0 Å². The van der Waals surface area contributed by atoms with Gasteiger partial charge in [0.2, 0.25) is 10.0 Å². The first-order valence-electron chi connectivity index (χ1n) is 4.91. The fraction of sp³-hybridized carbons (Fsp3) is 1.00. The molecular formula is C8H17ClN2O2S. The van der Waals surface area contributed by atoms with E-state index in [-0.39, 0.29) is 17.7 Å². The van der Waals surface area contributed by atoms with Gasteiger partial charge in [0.25, 0.3) is 0 Å². The summed E-state index contributed by atoms with van der Waals surface area (Å²) in [7, 11) is -2.97. The van der Waals surface area contributed by atoms with Crippen molar-refractivity contribution in [3.63, 3.8) is 0 Å². The van der Waals surface area contributed by atoms with Crippen LogP contribution in [0.25, 0.3) is 0 Å². The molecule has 2 aliphatic heterocycles. The summed E-state index contributed by atoms with van der Waals surface area (Å²) in [5, 5.41) is 2.93. The lowest BCUT2D eigenvalue weighted by atomic mass is 10.4. The van der Waals surface area contributed by atoms with E-state index in [9.17, 15) is 8.42 Å². The average molecular weight is 241 g/mol. The Bertz CT molecular complexity index is 247. The van der Waals surface area contributed by atoms with Crippen molar-refractivity contribution in [3.05, 3.63) is 0 Å². The van der Waals surface area contributed by atoms with Gasteiger partial charge >= 0.3 is 0 Å². The highest BCUT2D eigenvalue weighted by Crippen LogP contribution is 2.19. The topological polar surface area (TPSA) is 49.4 Å². The summed E-state index contributed by atoms with van der Waals surface area (Å²) in [5.41, 5.74) is 0. The van der Waals surface area contributed by atoms with Crippen LogP contribution in [0.1, 0.15) is 19.3 Å². The zero-order valence-corrected chi connectivity index (χ0v) is 9.74. The monoisotopic (exact) mass is 240 g/mol. The first-order chi connectivity index (χ1) is 6.21. The number of hydrogen-bond acceptors (Lipinski definition) is 3. The second-order valence-corrected chi connectivity index (χ2v) is 5.98. The Morgan fingerprint density at radius 3 is 2.36 bits per heavy atom. The van der Waals surface area contributed by atoms with Gasteiger partial charge in [-0.05, 0) is 25.8 Å². The van der Waals surface area contributed by atoms with Crippen LogP contribution in [0.5, 0.6) is 0 Å². The SMILES string of the molecule is Cl.O=S(=O)(C1CCNC1)N1CCCC1. The molecule has 2 rings (SSSR count). The number of nitrogens with one attached hydrogen (secondary N) is 1. The van der Waals surface area contributed by atoms with Crippen LogP contribution in [0.2, 0.25) is 0 Å². The summed E-state index contributed by atoms with van der Waals surface area (Å²) in [6.45, 7) is 2.95. The zero-order valence-electron chi connectivity index (χ0n) is 8.11. The molecule has 14 heavy (non-hydrogen) atoms. The Balaban J connectivity index is 0.000000980. The maximum atomic E-state index is 11.9. The molecule has 0 spiro atoms. The molecule has 0 aromatic heterocycles. The van der Waals surface area contributed by atoms with Crippen LogP contribution < -0.4 is 5.32 Å². The fourth-order valence-corrected chi connectivity index (χ4v) is 3.97. The van der Waals surface area contributed by atoms with E-state index < -0.39 is 10.0 Å². The summed E-state index contributed by atoms with van der Waals surface area (Å²) in [5.74, 6) is 0. The molecule has 84 valence electrons. The van der Waals surface area contributed by atoms with Crippen molar-refractivity contribution in [2.45, 2.75) is 24.5 Å². The summed E-state index contributed by atoms with van der Waals surface area (Å²) in [4.78, 5) is 0. The molecule has 2 aliphatic rings. The Morgan fingerprint density at radius 1 is 1.21 bits per heavy atom. The Morgan fingerprint density at radius 2 is 1.86 bits per heavy atom. The highest BCUT2D eigenvalue weighted by Gasteiger charge is 2.35. The molecule has 2 fully saturated rings. The quantitative estimate of drug-likeness (QED) is 0.750. The number of nitrogens with zero attached hydrogens (tertiary/aromatic N) is 1. The lowest BCUT2D eigenvalue weighted by Gasteiger charge is -2.19. The van der Waals surface area contributed by atoms with Gasteiger partial charge in [-0.1, -0.05) is 0 Å². The molecule has 2 heterocycles. The first kappa shape index (κ1) is 12.2. The molecule has 4 nitrogen and oxygen atoms in total. The molecule has 0 bridgehead atoms. The van der Waals surface area contributed by atoms with Gasteiger partial charge in [-0.25, -0.2) is 12.7 Å². The molecule has 2 saturated heterocycles. The van der Waals surface area contributed by atoms with E-state index >= 15 is 0 Å². The van der Waals surface area contributed by atoms with Gasteiger partial charge in [0.05, 0.1) is 5.25 Å². The van der Waals surface area contributed by atoms with Crippen molar-refractivity contribution >= 4 is 22.4 Å². The number of sulfonamides is 1. The third-order valence-corrected chi connectivity index (χ3v) is 5.19. The second-order valence-electron chi connectivity index (χ2n) is 3.77. The van der Waals surface area contributed by atoms with Gasteiger partial charge in [-0.15, -0.1) is 12.4 Å². The molecule has 1 unspecified atom stereocenters. The maximum absolute atomic E-state index is 11.9. The average Bonchev–Trinajstić information content (AvgIpc) is 2.78. The van der Waals surface area contributed by atoms with Crippen LogP contribution in [0.4, 0.5) is 0 Å². The second kappa shape index (κ2) is 4.79. The summed E-state index contributed by atoms with van der Waals surface area (Å²) < 4.78 is 25.5. The van der Waals surface area contributed by atoms with E-state index in [1.54, 1.807) is 4.31 Å². The molecule has 0 aromatic carbocycles. The largest absolute Gasteiger partial charge is 0.315 e. The molecule has 0 saturated carbocycles. The van der Waals surface area contributed by atoms with Crippen molar-refractivity contribution in [3.8, 4) is 0 Å². The highest BCUT2D eigenvalue weighted by atomic mass is 35.5. The van der Waals surface area contributed by atoms with E-state index in [0.717, 1.165) is 38.9 Å². The van der Waals surface area contributed by atoms with Crippen LogP contribution in [-0.4, -0.2) is 44.2 Å². The summed E-state index contributed by atoms with van der Waals surface area (Å²) in [6.07, 6.45) is 2.83. The Hall–Kier alpha value is 0.160. The normalized spacial score (nSPS) is 29.0. The molecular weight excluding hydrogens is 224 g/mol. The summed E-state index contributed by atoms with van der Waals surface area (Å²) >= 11 is 0. The Labute approximate surface area is 91.5 Å². The van der Waals surface area contributed by atoms with Gasteiger partial charge < -0.3 is 5.32 Å². The minimum Gasteiger partial charge on any atom is -0.315 e. The van der Waals surface area contributed by atoms with Crippen molar-refractivity contribution in [1.29, 1.82) is 0 Å². The van der Waals surface area contributed by atoms with Gasteiger partial charge in [0.15, 0.2) is 0 Å². The van der Waals surface area contributed by atoms with E-state index in [0.29, 0.717) is 6.54 Å². The smallest absolute Gasteiger partial charge is 0.218 e. The fourth-order valence-electron chi connectivity index (χ4n) is 2.04. The molecule has 1 atom stereocenters. The van der Waals surface area contributed by atoms with E-state index in [2.05, 4.69) is 5.32 Å². The molecule has 0 aromatic rings. The van der Waals surface area contributed by atoms with Gasteiger partial charge in [0, 0.05) is 19.6 Å². The lowest BCUT2D eigenvalue weighted by molar-refractivity contribution is 0.467. The number of halogens is 1. The van der Waals surface area contributed by atoms with Crippen molar-refractivity contribution in [1.82, 2.24) is 9.62 Å². The van der Waals surface area contributed by atoms with Crippen LogP contribution in [0.15, 0.2) is 0 Å². The van der Waals surface area contributed by atoms with E-state index in [1.807, 2.05) is 0 Å². The van der Waals surface area contributed by atoms with Crippen LogP contribution in [0.3, 0.4) is 0 Å². The van der Waals surface area contributed by atoms with E-state index in [4.69, 9.17) is 0 Å². The molecule has 0 aliphatic carbocycles. The minimum absolute atomic E-state index is 0. The van der Waals surface area contributed by atoms with Gasteiger partial charge in [-0.3, -0.25) is 0 Å². The van der Waals surface area contributed by atoms with Gasteiger partial charge in [-0.2, -0.15) is 0 Å². The minimum atomic E-state index is -2.97. The van der Waals surface area contributed by atoms with Crippen LogP contribution >= 0.6 is 12.4 Å². The van der Waals surface area contributed by atoms with Crippen molar-refractivity contribution < 1.29 is 8.42 Å². The zero-order chi connectivity index (χ0) is 9.31.